The van der Waals surface area contributed by atoms with Crippen molar-refractivity contribution in [3.05, 3.63) is 74.3 Å². The topological polar surface area (TPSA) is 92.5 Å². The van der Waals surface area contributed by atoms with Gasteiger partial charge in [-0.2, -0.15) is 11.8 Å². The smallest absolute Gasteiger partial charge is 0.333 e. The summed E-state index contributed by atoms with van der Waals surface area (Å²) in [4.78, 5) is 49.3. The summed E-state index contributed by atoms with van der Waals surface area (Å²) in [6.07, 6.45) is 5.18. The zero-order valence-corrected chi connectivity index (χ0v) is 25.0. The minimum Gasteiger partial charge on any atom is -0.349 e. The molecule has 2 saturated heterocycles. The van der Waals surface area contributed by atoms with Crippen molar-refractivity contribution in [2.75, 3.05) is 44.7 Å². The maximum absolute atomic E-state index is 14.2. The van der Waals surface area contributed by atoms with Crippen LogP contribution >= 0.6 is 11.8 Å². The van der Waals surface area contributed by atoms with Crippen LogP contribution < -0.4 is 16.6 Å². The van der Waals surface area contributed by atoms with Gasteiger partial charge in [0.15, 0.2) is 0 Å². The molecule has 3 aliphatic rings. The zero-order chi connectivity index (χ0) is 29.2. The molecule has 0 atom stereocenters. The van der Waals surface area contributed by atoms with E-state index >= 15 is 0 Å². The average molecular weight is 595 g/mol. The Balaban J connectivity index is 1.12. The molecule has 0 spiro atoms. The number of piperazine rings is 1. The molecule has 0 bridgehead atoms. The van der Waals surface area contributed by atoms with Gasteiger partial charge in [0.2, 0.25) is 0 Å². The highest BCUT2D eigenvalue weighted by Crippen LogP contribution is 2.30. The van der Waals surface area contributed by atoms with Gasteiger partial charge < -0.3 is 10.2 Å². The van der Waals surface area contributed by atoms with Crippen molar-refractivity contribution in [1.29, 1.82) is 0 Å². The lowest BCUT2D eigenvalue weighted by Gasteiger charge is -2.32. The third-order valence-corrected chi connectivity index (χ3v) is 10.1. The fourth-order valence-corrected chi connectivity index (χ4v) is 7.65. The first-order chi connectivity index (χ1) is 20.4. The molecule has 1 aliphatic carbocycles. The summed E-state index contributed by atoms with van der Waals surface area (Å²) < 4.78 is 17.1. The maximum atomic E-state index is 14.2. The standard InChI is InChI=1S/C31H39FN6O3S/c1-35-12-14-36(15-13-35)20-21-2-4-22(5-3-21)29(39)34-24-6-8-25(9-7-24)38-30(40)27-18-23(32)19-33-28(27)37(31(38)41)26-10-16-42-17-11-26/h2-5,18-19,24-26H,6-17,20H2,1H3,(H,34,39). The Hall–Kier alpha value is -3.02. The minimum atomic E-state index is -0.589. The van der Waals surface area contributed by atoms with Gasteiger partial charge >= 0.3 is 5.69 Å². The van der Waals surface area contributed by atoms with E-state index in [1.807, 2.05) is 36.0 Å². The van der Waals surface area contributed by atoms with E-state index in [0.717, 1.165) is 63.3 Å². The van der Waals surface area contributed by atoms with Crippen LogP contribution in [0.15, 0.2) is 46.1 Å². The van der Waals surface area contributed by atoms with E-state index in [-0.39, 0.29) is 40.8 Å². The highest BCUT2D eigenvalue weighted by atomic mass is 32.2. The number of benzene rings is 1. The number of thioether (sulfide) groups is 1. The van der Waals surface area contributed by atoms with Crippen LogP contribution in [-0.4, -0.2) is 80.6 Å². The number of hydrogen-bond donors (Lipinski definition) is 1. The molecule has 9 nitrogen and oxygen atoms in total. The molecule has 1 N–H and O–H groups in total. The molecule has 6 rings (SSSR count). The van der Waals surface area contributed by atoms with Crippen LogP contribution in [0.5, 0.6) is 0 Å². The average Bonchev–Trinajstić information content (AvgIpc) is 3.00. The molecule has 2 aliphatic heterocycles. The SMILES string of the molecule is CN1CCN(Cc2ccc(C(=O)NC3CCC(n4c(=O)c5cc(F)cnc5n(C5CCSCC5)c4=O)CC3)cc2)CC1. The van der Waals surface area contributed by atoms with Gasteiger partial charge in [0.25, 0.3) is 11.5 Å². The van der Waals surface area contributed by atoms with E-state index in [4.69, 9.17) is 0 Å². The number of carbonyl (C=O) groups excluding carboxylic acids is 1. The molecule has 1 amide bonds. The third-order valence-electron chi connectivity index (χ3n) is 9.09. The fraction of sp³-hybridized carbons (Fsp3) is 0.548. The highest BCUT2D eigenvalue weighted by molar-refractivity contribution is 7.99. The van der Waals surface area contributed by atoms with E-state index in [0.29, 0.717) is 31.2 Å². The second-order valence-electron chi connectivity index (χ2n) is 12.0. The molecule has 3 fully saturated rings. The van der Waals surface area contributed by atoms with Crippen molar-refractivity contribution < 1.29 is 9.18 Å². The predicted molar refractivity (Wildman–Crippen MR) is 164 cm³/mol. The summed E-state index contributed by atoms with van der Waals surface area (Å²) in [5, 5.41) is 3.31. The number of carbonyl (C=O) groups is 1. The largest absolute Gasteiger partial charge is 0.349 e. The lowest BCUT2D eigenvalue weighted by Crippen LogP contribution is -2.46. The van der Waals surface area contributed by atoms with Crippen LogP contribution in [0.1, 0.15) is 66.5 Å². The quantitative estimate of drug-likeness (QED) is 0.468. The summed E-state index contributed by atoms with van der Waals surface area (Å²) in [6.45, 7) is 5.13. The number of nitrogens with zero attached hydrogens (tertiary/aromatic N) is 5. The number of likely N-dealkylation sites (N-methyl/N-ethyl adjacent to an activating group) is 1. The molecule has 3 aromatic rings. The van der Waals surface area contributed by atoms with E-state index in [1.165, 1.54) is 16.2 Å². The van der Waals surface area contributed by atoms with Crippen LogP contribution in [0.4, 0.5) is 4.39 Å². The Labute approximate surface area is 249 Å². The summed E-state index contributed by atoms with van der Waals surface area (Å²) >= 11 is 1.85. The first-order valence-corrected chi connectivity index (χ1v) is 16.2. The summed E-state index contributed by atoms with van der Waals surface area (Å²) in [6, 6.07) is 8.65. The molecule has 0 radical (unpaired) electrons. The van der Waals surface area contributed by atoms with Crippen molar-refractivity contribution in [3.63, 3.8) is 0 Å². The first kappa shape index (κ1) is 29.1. The molecule has 224 valence electrons. The fourth-order valence-electron chi connectivity index (χ4n) is 6.57. The van der Waals surface area contributed by atoms with Gasteiger partial charge in [-0.1, -0.05) is 12.1 Å². The van der Waals surface area contributed by atoms with Crippen molar-refractivity contribution in [1.82, 2.24) is 29.2 Å². The summed E-state index contributed by atoms with van der Waals surface area (Å²) in [5.74, 6) is 1.17. The van der Waals surface area contributed by atoms with Crippen molar-refractivity contribution in [2.24, 2.45) is 0 Å². The Kier molecular flexibility index (Phi) is 8.78. The minimum absolute atomic E-state index is 0.0355. The summed E-state index contributed by atoms with van der Waals surface area (Å²) in [7, 11) is 2.15. The number of rotatable bonds is 6. The van der Waals surface area contributed by atoms with Crippen molar-refractivity contribution in [2.45, 2.75) is 63.2 Å². The number of pyridine rings is 1. The van der Waals surface area contributed by atoms with Crippen LogP contribution in [0.3, 0.4) is 0 Å². The van der Waals surface area contributed by atoms with Crippen LogP contribution in [0.25, 0.3) is 11.0 Å². The molecule has 11 heteroatoms. The molecule has 42 heavy (non-hydrogen) atoms. The molecular weight excluding hydrogens is 555 g/mol. The van der Waals surface area contributed by atoms with Crippen molar-refractivity contribution in [3.8, 4) is 0 Å². The van der Waals surface area contributed by atoms with Gasteiger partial charge in [-0.25, -0.2) is 14.2 Å². The van der Waals surface area contributed by atoms with Gasteiger partial charge in [-0.3, -0.25) is 23.6 Å². The van der Waals surface area contributed by atoms with Crippen LogP contribution in [0.2, 0.25) is 0 Å². The molecule has 4 heterocycles. The maximum Gasteiger partial charge on any atom is 0.333 e. The zero-order valence-electron chi connectivity index (χ0n) is 24.1. The van der Waals surface area contributed by atoms with Gasteiger partial charge in [0.05, 0.1) is 11.6 Å². The number of amides is 1. The normalized spacial score (nSPS) is 22.8. The van der Waals surface area contributed by atoms with E-state index in [2.05, 4.69) is 27.1 Å². The van der Waals surface area contributed by atoms with E-state index in [1.54, 1.807) is 4.57 Å². The number of hydrogen-bond acceptors (Lipinski definition) is 7. The third kappa shape index (κ3) is 6.18. The molecule has 1 aromatic carbocycles. The second kappa shape index (κ2) is 12.7. The predicted octanol–water partition coefficient (Wildman–Crippen LogP) is 3.43. The van der Waals surface area contributed by atoms with Crippen molar-refractivity contribution >= 4 is 28.7 Å². The molecule has 0 unspecified atom stereocenters. The Bertz CT molecular complexity index is 1540. The Morgan fingerprint density at radius 3 is 2.31 bits per heavy atom. The van der Waals surface area contributed by atoms with E-state index < -0.39 is 11.4 Å². The monoisotopic (exact) mass is 594 g/mol. The van der Waals surface area contributed by atoms with Gasteiger partial charge in [-0.05, 0) is 80.8 Å². The van der Waals surface area contributed by atoms with Crippen LogP contribution in [0, 0.1) is 5.82 Å². The molecule has 2 aromatic heterocycles. The number of aromatic nitrogens is 3. The second-order valence-corrected chi connectivity index (χ2v) is 13.2. The lowest BCUT2D eigenvalue weighted by molar-refractivity contribution is 0.0921. The Morgan fingerprint density at radius 1 is 0.952 bits per heavy atom. The number of fused-ring (bicyclic) bond motifs is 1. The summed E-state index contributed by atoms with van der Waals surface area (Å²) in [5.41, 5.74) is 1.27. The van der Waals surface area contributed by atoms with Gasteiger partial charge in [-0.15, -0.1) is 0 Å². The van der Waals surface area contributed by atoms with Crippen LogP contribution in [-0.2, 0) is 6.54 Å². The first-order valence-electron chi connectivity index (χ1n) is 15.1. The number of nitrogens with one attached hydrogen (secondary N) is 1. The van der Waals surface area contributed by atoms with Gasteiger partial charge in [0.1, 0.15) is 11.5 Å². The lowest BCUT2D eigenvalue weighted by atomic mass is 9.90. The Morgan fingerprint density at radius 2 is 1.62 bits per heavy atom. The highest BCUT2D eigenvalue weighted by Gasteiger charge is 2.30. The van der Waals surface area contributed by atoms with E-state index in [9.17, 15) is 18.8 Å². The molecular formula is C31H39FN6O3S. The number of halogens is 1. The van der Waals surface area contributed by atoms with Gasteiger partial charge in [0, 0.05) is 56.4 Å². The molecule has 1 saturated carbocycles.